The van der Waals surface area contributed by atoms with Crippen LogP contribution in [-0.2, 0) is 0 Å². The third-order valence-electron chi connectivity index (χ3n) is 3.88. The Hall–Kier alpha value is -2.61. The zero-order valence-corrected chi connectivity index (χ0v) is 15.3. The van der Waals surface area contributed by atoms with Crippen LogP contribution in [0.2, 0.25) is 0 Å². The molecule has 0 amide bonds. The molecule has 2 N–H and O–H groups in total. The van der Waals surface area contributed by atoms with E-state index in [1.807, 2.05) is 74.5 Å². The quantitative estimate of drug-likeness (QED) is 0.480. The molecule has 25 heavy (non-hydrogen) atoms. The van der Waals surface area contributed by atoms with E-state index in [1.165, 1.54) is 0 Å². The van der Waals surface area contributed by atoms with Gasteiger partial charge in [0.15, 0.2) is 0 Å². The predicted molar refractivity (Wildman–Crippen MR) is 104 cm³/mol. The Balaban J connectivity index is 0.000000173. The maximum atomic E-state index is 11.2. The molecule has 2 aromatic carbocycles. The maximum Gasteiger partial charge on any atom is 3.00 e. The van der Waals surface area contributed by atoms with Crippen LogP contribution >= 0.6 is 0 Å². The van der Waals surface area contributed by atoms with Gasteiger partial charge in [-0.15, -0.1) is 0 Å². The minimum atomic E-state index is -0.00583. The van der Waals surface area contributed by atoms with Crippen LogP contribution in [0.15, 0.2) is 70.3 Å². The number of aryl methyl sites for hydroxylation is 2. The summed E-state index contributed by atoms with van der Waals surface area (Å²) in [6.45, 7) is 3.62. The third kappa shape index (κ3) is 4.27. The second kappa shape index (κ2) is 7.98. The van der Waals surface area contributed by atoms with E-state index in [4.69, 9.17) is 0 Å². The smallest absolute Gasteiger partial charge is 0.322 e. The zero-order valence-electron chi connectivity index (χ0n) is 14.2. The van der Waals surface area contributed by atoms with Crippen LogP contribution in [0, 0.1) is 13.8 Å². The fourth-order valence-electron chi connectivity index (χ4n) is 2.51. The van der Waals surface area contributed by atoms with Gasteiger partial charge in [0.25, 0.3) is 11.1 Å². The van der Waals surface area contributed by atoms with E-state index >= 15 is 0 Å². The molecule has 0 saturated heterocycles. The summed E-state index contributed by atoms with van der Waals surface area (Å²) in [5.74, 6) is 0. The first kappa shape index (κ1) is 18.7. The molecule has 0 atom stereocenters. The first-order chi connectivity index (χ1) is 11.5. The van der Waals surface area contributed by atoms with Crippen molar-refractivity contribution in [3.63, 3.8) is 0 Å². The number of benzene rings is 2. The van der Waals surface area contributed by atoms with E-state index in [1.54, 1.807) is 0 Å². The van der Waals surface area contributed by atoms with Gasteiger partial charge in [0.05, 0.1) is 0 Å². The van der Waals surface area contributed by atoms with Crippen LogP contribution < -0.4 is 11.1 Å². The molecule has 0 unspecified atom stereocenters. The summed E-state index contributed by atoms with van der Waals surface area (Å²) in [5.41, 5.74) is 3.30. The van der Waals surface area contributed by atoms with Gasteiger partial charge in [-0.1, -0.05) is 36.4 Å². The summed E-state index contributed by atoms with van der Waals surface area (Å²) in [7, 11) is 0. The van der Waals surface area contributed by atoms with Crippen molar-refractivity contribution in [1.82, 2.24) is 9.97 Å². The number of para-hydroxylation sites is 2. The molecular weight excluding hydrogens is 327 g/mol. The van der Waals surface area contributed by atoms with E-state index in [-0.39, 0.29) is 28.5 Å². The summed E-state index contributed by atoms with van der Waals surface area (Å²) in [4.78, 5) is 28.0. The first-order valence-electron chi connectivity index (χ1n) is 7.72. The van der Waals surface area contributed by atoms with Gasteiger partial charge < -0.3 is 9.97 Å². The van der Waals surface area contributed by atoms with Crippen molar-refractivity contribution in [1.29, 1.82) is 0 Å². The molecule has 4 aromatic rings. The molecule has 2 heterocycles. The maximum absolute atomic E-state index is 11.2. The number of pyridine rings is 2. The summed E-state index contributed by atoms with van der Waals surface area (Å²) in [6, 6.07) is 19.3. The Morgan fingerprint density at radius 2 is 1.00 bits per heavy atom. The van der Waals surface area contributed by atoms with E-state index in [0.717, 1.165) is 32.9 Å². The standard InChI is InChI=1S/2C10H9NO.Al/c2*1-7-6-8-4-2-3-5-9(8)11-10(7)12;/h2*2-6H,1H3,(H,11,12);/q;;+3. The molecule has 0 spiro atoms. The van der Waals surface area contributed by atoms with Crippen LogP contribution in [0.3, 0.4) is 0 Å². The summed E-state index contributed by atoms with van der Waals surface area (Å²) >= 11 is 0. The van der Waals surface area contributed by atoms with Crippen molar-refractivity contribution < 1.29 is 0 Å². The van der Waals surface area contributed by atoms with Crippen molar-refractivity contribution in [3.05, 3.63) is 92.5 Å². The van der Waals surface area contributed by atoms with E-state index in [9.17, 15) is 9.59 Å². The molecule has 0 aliphatic heterocycles. The monoisotopic (exact) mass is 345 g/mol. The number of hydrogen-bond acceptors (Lipinski definition) is 2. The molecule has 5 heteroatoms. The fraction of sp³-hybridized carbons (Fsp3) is 0.100. The second-order valence-electron chi connectivity index (χ2n) is 5.74. The van der Waals surface area contributed by atoms with E-state index in [2.05, 4.69) is 9.97 Å². The van der Waals surface area contributed by atoms with Gasteiger partial charge >= 0.3 is 17.4 Å². The minimum absolute atomic E-state index is 0. The molecule has 0 saturated carbocycles. The topological polar surface area (TPSA) is 65.7 Å². The van der Waals surface area contributed by atoms with E-state index < -0.39 is 0 Å². The molecule has 0 fully saturated rings. The van der Waals surface area contributed by atoms with Crippen molar-refractivity contribution in [3.8, 4) is 0 Å². The number of hydrogen-bond donors (Lipinski definition) is 2. The molecule has 0 bridgehead atoms. The molecule has 2 aromatic heterocycles. The predicted octanol–water partition coefficient (Wildman–Crippen LogP) is 3.29. The number of H-pyrrole nitrogens is 2. The number of rotatable bonds is 0. The Bertz CT molecular complexity index is 1040. The number of nitrogens with one attached hydrogen (secondary N) is 2. The summed E-state index contributed by atoms with van der Waals surface area (Å²) < 4.78 is 0. The minimum Gasteiger partial charge on any atom is -0.322 e. The summed E-state index contributed by atoms with van der Waals surface area (Å²) in [6.07, 6.45) is 0. The van der Waals surface area contributed by atoms with Gasteiger partial charge in [-0.2, -0.15) is 0 Å². The SMILES string of the molecule is Cc1cc2ccccc2[nH]c1=O.Cc1cc2ccccc2[nH]c1=O.[Al+3]. The largest absolute Gasteiger partial charge is 3.00 e. The average molecular weight is 345 g/mol. The van der Waals surface area contributed by atoms with Gasteiger partial charge in [0.1, 0.15) is 0 Å². The van der Waals surface area contributed by atoms with Crippen molar-refractivity contribution in [2.45, 2.75) is 13.8 Å². The van der Waals surface area contributed by atoms with Crippen molar-refractivity contribution >= 4 is 39.2 Å². The molecule has 0 aliphatic carbocycles. The van der Waals surface area contributed by atoms with Gasteiger partial charge in [-0.3, -0.25) is 9.59 Å². The average Bonchev–Trinajstić information content (AvgIpc) is 2.57. The van der Waals surface area contributed by atoms with Crippen molar-refractivity contribution in [2.24, 2.45) is 0 Å². The molecule has 0 aliphatic rings. The van der Waals surface area contributed by atoms with Crippen LogP contribution in [0.25, 0.3) is 21.8 Å². The Morgan fingerprint density at radius 1 is 0.640 bits per heavy atom. The Kier molecular flexibility index (Phi) is 5.98. The number of fused-ring (bicyclic) bond motifs is 2. The van der Waals surface area contributed by atoms with Crippen molar-refractivity contribution in [2.75, 3.05) is 0 Å². The van der Waals surface area contributed by atoms with Gasteiger partial charge in [-0.25, -0.2) is 0 Å². The molecule has 0 radical (unpaired) electrons. The summed E-state index contributed by atoms with van der Waals surface area (Å²) in [5, 5.41) is 2.16. The van der Waals surface area contributed by atoms with E-state index in [0.29, 0.717) is 0 Å². The molecular formula is C20H18AlN2O2+3. The van der Waals surface area contributed by atoms with Crippen LogP contribution in [0.4, 0.5) is 0 Å². The van der Waals surface area contributed by atoms with Crippen LogP contribution in [0.5, 0.6) is 0 Å². The Morgan fingerprint density at radius 3 is 1.40 bits per heavy atom. The molecule has 4 rings (SSSR count). The normalized spacial score (nSPS) is 10.0. The second-order valence-corrected chi connectivity index (χ2v) is 5.74. The number of aromatic nitrogens is 2. The number of aromatic amines is 2. The zero-order chi connectivity index (χ0) is 17.1. The van der Waals surface area contributed by atoms with Gasteiger partial charge in [-0.05, 0) is 48.9 Å². The third-order valence-corrected chi connectivity index (χ3v) is 3.88. The Labute approximate surface area is 155 Å². The molecule has 120 valence electrons. The van der Waals surface area contributed by atoms with Gasteiger partial charge in [0.2, 0.25) is 0 Å². The first-order valence-corrected chi connectivity index (χ1v) is 7.72. The fourth-order valence-corrected chi connectivity index (χ4v) is 2.51. The molecule has 4 nitrogen and oxygen atoms in total. The van der Waals surface area contributed by atoms with Gasteiger partial charge in [0, 0.05) is 22.2 Å². The van der Waals surface area contributed by atoms with Crippen LogP contribution in [0.1, 0.15) is 11.1 Å². The van der Waals surface area contributed by atoms with Crippen LogP contribution in [-0.4, -0.2) is 27.3 Å².